The highest BCUT2D eigenvalue weighted by molar-refractivity contribution is 5.51. The van der Waals surface area contributed by atoms with E-state index in [1.807, 2.05) is 13.1 Å². The SMILES string of the molecule is C[C@H](N)C/C=C/c1cnn2c1CCCC2. The van der Waals surface area contributed by atoms with Crippen LogP contribution < -0.4 is 5.73 Å². The summed E-state index contributed by atoms with van der Waals surface area (Å²) in [5, 5.41) is 4.39. The van der Waals surface area contributed by atoms with E-state index in [-0.39, 0.29) is 6.04 Å². The molecule has 0 spiro atoms. The highest BCUT2D eigenvalue weighted by atomic mass is 15.3. The summed E-state index contributed by atoms with van der Waals surface area (Å²) in [6.45, 7) is 3.11. The summed E-state index contributed by atoms with van der Waals surface area (Å²) in [7, 11) is 0. The Bertz CT molecular complexity index is 350. The van der Waals surface area contributed by atoms with Gasteiger partial charge in [0, 0.05) is 23.8 Å². The Morgan fingerprint density at radius 2 is 2.47 bits per heavy atom. The van der Waals surface area contributed by atoms with E-state index in [0.29, 0.717) is 0 Å². The Balaban J connectivity index is 2.08. The fourth-order valence-electron chi connectivity index (χ4n) is 1.99. The molecule has 1 aliphatic heterocycles. The van der Waals surface area contributed by atoms with E-state index < -0.39 is 0 Å². The predicted octanol–water partition coefficient (Wildman–Crippen LogP) is 1.97. The van der Waals surface area contributed by atoms with Crippen LogP contribution in [-0.4, -0.2) is 15.8 Å². The molecular weight excluding hydrogens is 186 g/mol. The van der Waals surface area contributed by atoms with Crippen molar-refractivity contribution in [1.82, 2.24) is 9.78 Å². The Morgan fingerprint density at radius 1 is 1.60 bits per heavy atom. The van der Waals surface area contributed by atoms with Gasteiger partial charge in [0.05, 0.1) is 6.20 Å². The Labute approximate surface area is 91.0 Å². The van der Waals surface area contributed by atoms with Crippen LogP contribution >= 0.6 is 0 Å². The van der Waals surface area contributed by atoms with E-state index in [2.05, 4.69) is 21.9 Å². The first-order valence-corrected chi connectivity index (χ1v) is 5.74. The van der Waals surface area contributed by atoms with Gasteiger partial charge in [0.25, 0.3) is 0 Å². The number of nitrogens with two attached hydrogens (primary N) is 1. The molecule has 1 atom stereocenters. The summed E-state index contributed by atoms with van der Waals surface area (Å²) in [5.74, 6) is 0. The van der Waals surface area contributed by atoms with Gasteiger partial charge in [-0.1, -0.05) is 12.2 Å². The molecule has 3 heteroatoms. The van der Waals surface area contributed by atoms with Gasteiger partial charge in [0.1, 0.15) is 0 Å². The quantitative estimate of drug-likeness (QED) is 0.820. The van der Waals surface area contributed by atoms with E-state index in [0.717, 1.165) is 19.4 Å². The molecule has 2 rings (SSSR count). The first-order chi connectivity index (χ1) is 7.27. The second-order valence-corrected chi connectivity index (χ2v) is 4.34. The van der Waals surface area contributed by atoms with Crippen molar-refractivity contribution in [1.29, 1.82) is 0 Å². The van der Waals surface area contributed by atoms with Gasteiger partial charge < -0.3 is 5.73 Å². The van der Waals surface area contributed by atoms with E-state index in [1.54, 1.807) is 0 Å². The van der Waals surface area contributed by atoms with Crippen LogP contribution in [0.1, 0.15) is 37.4 Å². The Kier molecular flexibility index (Phi) is 3.21. The molecule has 0 radical (unpaired) electrons. The minimum absolute atomic E-state index is 0.243. The third-order valence-corrected chi connectivity index (χ3v) is 2.82. The number of hydrogen-bond acceptors (Lipinski definition) is 2. The molecule has 3 nitrogen and oxygen atoms in total. The van der Waals surface area contributed by atoms with Gasteiger partial charge in [-0.3, -0.25) is 4.68 Å². The normalized spacial score (nSPS) is 18.0. The minimum atomic E-state index is 0.243. The van der Waals surface area contributed by atoms with Crippen molar-refractivity contribution >= 4 is 6.08 Å². The summed E-state index contributed by atoms with van der Waals surface area (Å²) >= 11 is 0. The average molecular weight is 205 g/mol. The zero-order valence-corrected chi connectivity index (χ0v) is 9.32. The van der Waals surface area contributed by atoms with Crippen LogP contribution in [0.3, 0.4) is 0 Å². The third kappa shape index (κ3) is 2.48. The number of nitrogens with zero attached hydrogens (tertiary/aromatic N) is 2. The van der Waals surface area contributed by atoms with Crippen molar-refractivity contribution in [3.8, 4) is 0 Å². The molecule has 1 aromatic heterocycles. The molecule has 0 saturated heterocycles. The monoisotopic (exact) mass is 205 g/mol. The first kappa shape index (κ1) is 10.4. The average Bonchev–Trinajstić information content (AvgIpc) is 2.62. The second kappa shape index (κ2) is 4.62. The lowest BCUT2D eigenvalue weighted by Gasteiger charge is -2.13. The molecule has 0 unspecified atom stereocenters. The van der Waals surface area contributed by atoms with Crippen molar-refractivity contribution in [3.63, 3.8) is 0 Å². The molecule has 0 aliphatic carbocycles. The van der Waals surface area contributed by atoms with Crippen LogP contribution in [0.5, 0.6) is 0 Å². The highest BCUT2D eigenvalue weighted by Gasteiger charge is 2.12. The van der Waals surface area contributed by atoms with E-state index in [9.17, 15) is 0 Å². The maximum atomic E-state index is 5.70. The molecule has 15 heavy (non-hydrogen) atoms. The van der Waals surface area contributed by atoms with Crippen molar-refractivity contribution in [3.05, 3.63) is 23.5 Å². The number of aromatic nitrogens is 2. The van der Waals surface area contributed by atoms with Gasteiger partial charge in [-0.2, -0.15) is 5.10 Å². The fraction of sp³-hybridized carbons (Fsp3) is 0.583. The van der Waals surface area contributed by atoms with Gasteiger partial charge in [-0.15, -0.1) is 0 Å². The minimum Gasteiger partial charge on any atom is -0.328 e. The van der Waals surface area contributed by atoms with E-state index >= 15 is 0 Å². The summed E-state index contributed by atoms with van der Waals surface area (Å²) in [6, 6.07) is 0.243. The van der Waals surface area contributed by atoms with Crippen molar-refractivity contribution < 1.29 is 0 Å². The molecule has 1 aliphatic rings. The molecule has 1 aromatic rings. The van der Waals surface area contributed by atoms with E-state index in [1.165, 1.54) is 24.1 Å². The van der Waals surface area contributed by atoms with Gasteiger partial charge in [0.2, 0.25) is 0 Å². The van der Waals surface area contributed by atoms with E-state index in [4.69, 9.17) is 5.73 Å². The summed E-state index contributed by atoms with van der Waals surface area (Å²) < 4.78 is 2.13. The lowest BCUT2D eigenvalue weighted by Crippen LogP contribution is -2.12. The largest absolute Gasteiger partial charge is 0.328 e. The Hall–Kier alpha value is -1.09. The molecule has 0 aromatic carbocycles. The van der Waals surface area contributed by atoms with Gasteiger partial charge in [-0.05, 0) is 32.6 Å². The van der Waals surface area contributed by atoms with Crippen LogP contribution in [0.15, 0.2) is 12.3 Å². The maximum absolute atomic E-state index is 5.70. The number of rotatable bonds is 3. The number of hydrogen-bond donors (Lipinski definition) is 1. The van der Waals surface area contributed by atoms with Gasteiger partial charge in [-0.25, -0.2) is 0 Å². The zero-order chi connectivity index (χ0) is 10.7. The van der Waals surface area contributed by atoms with Gasteiger partial charge in [0.15, 0.2) is 0 Å². The first-order valence-electron chi connectivity index (χ1n) is 5.74. The van der Waals surface area contributed by atoms with Crippen LogP contribution in [0.4, 0.5) is 0 Å². The standard InChI is InChI=1S/C12H19N3/c1-10(13)5-4-6-11-9-14-15-8-3-2-7-12(11)15/h4,6,9-10H,2-3,5,7-8,13H2,1H3/b6-4+/t10-/m0/s1. The molecule has 82 valence electrons. The fourth-order valence-corrected chi connectivity index (χ4v) is 1.99. The Morgan fingerprint density at radius 3 is 3.27 bits per heavy atom. The number of fused-ring (bicyclic) bond motifs is 1. The van der Waals surface area contributed by atoms with Crippen molar-refractivity contribution in [2.45, 2.75) is 45.2 Å². The zero-order valence-electron chi connectivity index (χ0n) is 9.32. The molecule has 2 N–H and O–H groups in total. The highest BCUT2D eigenvalue weighted by Crippen LogP contribution is 2.19. The van der Waals surface area contributed by atoms with Crippen molar-refractivity contribution in [2.24, 2.45) is 5.73 Å². The van der Waals surface area contributed by atoms with Gasteiger partial charge >= 0.3 is 0 Å². The molecule has 0 amide bonds. The summed E-state index contributed by atoms with van der Waals surface area (Å²) in [5.41, 5.74) is 8.36. The smallest absolute Gasteiger partial charge is 0.0565 e. The molecular formula is C12H19N3. The number of aryl methyl sites for hydroxylation is 1. The predicted molar refractivity (Wildman–Crippen MR) is 62.5 cm³/mol. The van der Waals surface area contributed by atoms with Crippen LogP contribution in [0.25, 0.3) is 6.08 Å². The molecule has 2 heterocycles. The lowest BCUT2D eigenvalue weighted by molar-refractivity contribution is 0.486. The van der Waals surface area contributed by atoms with Crippen LogP contribution in [0.2, 0.25) is 0 Å². The van der Waals surface area contributed by atoms with Crippen molar-refractivity contribution in [2.75, 3.05) is 0 Å². The summed E-state index contributed by atoms with van der Waals surface area (Å²) in [4.78, 5) is 0. The topological polar surface area (TPSA) is 43.8 Å². The molecule has 0 fully saturated rings. The van der Waals surface area contributed by atoms with Crippen LogP contribution in [-0.2, 0) is 13.0 Å². The van der Waals surface area contributed by atoms with Crippen LogP contribution in [0, 0.1) is 0 Å². The third-order valence-electron chi connectivity index (χ3n) is 2.82. The lowest BCUT2D eigenvalue weighted by atomic mass is 10.1. The molecule has 0 bridgehead atoms. The molecule has 0 saturated carbocycles. The maximum Gasteiger partial charge on any atom is 0.0565 e. The summed E-state index contributed by atoms with van der Waals surface area (Å²) in [6.07, 6.45) is 10.9. The second-order valence-electron chi connectivity index (χ2n) is 4.34.